The molecule has 0 N–H and O–H groups in total. The second-order valence-corrected chi connectivity index (χ2v) is 4.45. The molecule has 0 nitrogen and oxygen atoms in total. The highest BCUT2D eigenvalue weighted by atomic mass is 19.4. The van der Waals surface area contributed by atoms with Crippen LogP contribution in [0.2, 0.25) is 0 Å². The minimum atomic E-state index is -3.96. The molecular formula is C11H19F3. The molecule has 84 valence electrons. The third kappa shape index (κ3) is 4.34. The smallest absolute Gasteiger partial charge is 0.171 e. The summed E-state index contributed by atoms with van der Waals surface area (Å²) in [5, 5.41) is 0. The van der Waals surface area contributed by atoms with Crippen LogP contribution < -0.4 is 0 Å². The monoisotopic (exact) mass is 208 g/mol. The minimum absolute atomic E-state index is 0.333. The van der Waals surface area contributed by atoms with Gasteiger partial charge in [-0.1, -0.05) is 39.0 Å². The Hall–Kier alpha value is -0.210. The molecule has 0 aliphatic heterocycles. The third-order valence-corrected chi connectivity index (χ3v) is 3.38. The van der Waals surface area contributed by atoms with Crippen molar-refractivity contribution in [3.05, 3.63) is 0 Å². The molecule has 0 amide bonds. The van der Waals surface area contributed by atoms with Crippen molar-refractivity contribution in [1.82, 2.24) is 0 Å². The van der Waals surface area contributed by atoms with Gasteiger partial charge in [0.15, 0.2) is 0 Å². The van der Waals surface area contributed by atoms with E-state index in [-0.39, 0.29) is 0 Å². The van der Waals surface area contributed by atoms with Gasteiger partial charge in [-0.3, -0.25) is 0 Å². The van der Waals surface area contributed by atoms with Gasteiger partial charge in [0.2, 0.25) is 0 Å². The van der Waals surface area contributed by atoms with Crippen molar-refractivity contribution < 1.29 is 13.2 Å². The van der Waals surface area contributed by atoms with Crippen LogP contribution in [0.15, 0.2) is 0 Å². The van der Waals surface area contributed by atoms with E-state index in [9.17, 15) is 13.2 Å². The molecule has 0 bridgehead atoms. The highest BCUT2D eigenvalue weighted by Crippen LogP contribution is 2.35. The van der Waals surface area contributed by atoms with E-state index in [1.807, 2.05) is 0 Å². The van der Waals surface area contributed by atoms with Crippen LogP contribution in [0.4, 0.5) is 13.2 Å². The van der Waals surface area contributed by atoms with Crippen LogP contribution in [-0.2, 0) is 0 Å². The maximum atomic E-state index is 12.0. The Bertz CT molecular complexity index is 154. The number of alkyl halides is 3. The second-order valence-electron chi connectivity index (χ2n) is 4.45. The lowest BCUT2D eigenvalue weighted by molar-refractivity contribution is -0.138. The largest absolute Gasteiger partial charge is 0.389 e. The Kier molecular flexibility index (Phi) is 4.27. The molecule has 0 atom stereocenters. The van der Waals surface area contributed by atoms with Crippen molar-refractivity contribution in [2.75, 3.05) is 0 Å². The molecule has 0 spiro atoms. The Labute approximate surface area is 83.9 Å². The molecule has 1 rings (SSSR count). The molecule has 0 radical (unpaired) electrons. The second kappa shape index (κ2) is 5.04. The number of rotatable bonds is 3. The standard InChI is InChI=1S/C11H19F3/c1-2-9-3-5-10(6-4-9)7-8-11(12,13)14/h9-10H,2-8H2,1H3. The van der Waals surface area contributed by atoms with Crippen LogP contribution in [0.1, 0.15) is 51.9 Å². The average Bonchev–Trinajstić information content (AvgIpc) is 2.14. The summed E-state index contributed by atoms with van der Waals surface area (Å²) in [7, 11) is 0. The van der Waals surface area contributed by atoms with E-state index in [1.54, 1.807) is 0 Å². The van der Waals surface area contributed by atoms with Gasteiger partial charge in [-0.2, -0.15) is 13.2 Å². The summed E-state index contributed by atoms with van der Waals surface area (Å²) >= 11 is 0. The molecule has 0 aromatic heterocycles. The summed E-state index contributed by atoms with van der Waals surface area (Å²) in [6.45, 7) is 2.17. The molecule has 1 fully saturated rings. The zero-order valence-electron chi connectivity index (χ0n) is 8.74. The molecule has 0 unspecified atom stereocenters. The zero-order chi connectivity index (χ0) is 10.6. The highest BCUT2D eigenvalue weighted by Gasteiger charge is 2.29. The van der Waals surface area contributed by atoms with Crippen LogP contribution in [0, 0.1) is 11.8 Å². The number of halogens is 3. The topological polar surface area (TPSA) is 0 Å². The highest BCUT2D eigenvalue weighted by molar-refractivity contribution is 4.72. The Morgan fingerprint density at radius 1 is 1.00 bits per heavy atom. The van der Waals surface area contributed by atoms with Gasteiger partial charge >= 0.3 is 6.18 Å². The molecule has 0 saturated heterocycles. The van der Waals surface area contributed by atoms with Crippen LogP contribution in [0.3, 0.4) is 0 Å². The zero-order valence-corrected chi connectivity index (χ0v) is 8.74. The van der Waals surface area contributed by atoms with Crippen LogP contribution in [0.25, 0.3) is 0 Å². The Balaban J connectivity index is 2.16. The summed E-state index contributed by atoms with van der Waals surface area (Å²) in [6.07, 6.45) is 1.28. The van der Waals surface area contributed by atoms with Gasteiger partial charge in [0.05, 0.1) is 0 Å². The molecule has 0 heterocycles. The van der Waals surface area contributed by atoms with E-state index in [1.165, 1.54) is 6.42 Å². The summed E-state index contributed by atoms with van der Waals surface area (Å²) in [6, 6.07) is 0. The summed E-state index contributed by atoms with van der Waals surface area (Å²) in [4.78, 5) is 0. The van der Waals surface area contributed by atoms with E-state index in [0.29, 0.717) is 12.3 Å². The summed E-state index contributed by atoms with van der Waals surface area (Å²) in [5.41, 5.74) is 0. The Morgan fingerprint density at radius 3 is 1.93 bits per heavy atom. The first kappa shape index (κ1) is 11.9. The van der Waals surface area contributed by atoms with Gasteiger partial charge in [0.25, 0.3) is 0 Å². The molecule has 0 aromatic carbocycles. The maximum Gasteiger partial charge on any atom is 0.389 e. The van der Waals surface area contributed by atoms with Crippen molar-refractivity contribution in [3.63, 3.8) is 0 Å². The van der Waals surface area contributed by atoms with Crippen molar-refractivity contribution >= 4 is 0 Å². The van der Waals surface area contributed by atoms with E-state index < -0.39 is 12.6 Å². The van der Waals surface area contributed by atoms with Crippen LogP contribution in [0.5, 0.6) is 0 Å². The van der Waals surface area contributed by atoms with Crippen LogP contribution >= 0.6 is 0 Å². The van der Waals surface area contributed by atoms with Crippen molar-refractivity contribution in [3.8, 4) is 0 Å². The fourth-order valence-electron chi connectivity index (χ4n) is 2.30. The molecular weight excluding hydrogens is 189 g/mol. The lowest BCUT2D eigenvalue weighted by atomic mass is 9.79. The molecule has 0 aromatic rings. The average molecular weight is 208 g/mol. The lowest BCUT2D eigenvalue weighted by Gasteiger charge is -2.27. The first-order valence-corrected chi connectivity index (χ1v) is 5.58. The van der Waals surface area contributed by atoms with Crippen molar-refractivity contribution in [2.45, 2.75) is 58.0 Å². The van der Waals surface area contributed by atoms with Gasteiger partial charge in [-0.05, 0) is 18.3 Å². The normalized spacial score (nSPS) is 29.1. The first-order chi connectivity index (χ1) is 6.51. The van der Waals surface area contributed by atoms with Crippen molar-refractivity contribution in [2.24, 2.45) is 11.8 Å². The Morgan fingerprint density at radius 2 is 1.50 bits per heavy atom. The molecule has 1 aliphatic carbocycles. The molecule has 1 saturated carbocycles. The first-order valence-electron chi connectivity index (χ1n) is 5.58. The fourth-order valence-corrected chi connectivity index (χ4v) is 2.30. The van der Waals surface area contributed by atoms with Crippen LogP contribution in [-0.4, -0.2) is 6.18 Å². The fraction of sp³-hybridized carbons (Fsp3) is 1.00. The maximum absolute atomic E-state index is 12.0. The van der Waals surface area contributed by atoms with E-state index in [2.05, 4.69) is 6.92 Å². The summed E-state index contributed by atoms with van der Waals surface area (Å²) < 4.78 is 35.9. The molecule has 1 aliphatic rings. The lowest BCUT2D eigenvalue weighted by Crippen LogP contribution is -2.17. The van der Waals surface area contributed by atoms with Gasteiger partial charge in [0.1, 0.15) is 0 Å². The predicted molar refractivity (Wildman–Crippen MR) is 51.0 cm³/mol. The predicted octanol–water partition coefficient (Wildman–Crippen LogP) is 4.55. The van der Waals surface area contributed by atoms with Gasteiger partial charge in [0, 0.05) is 6.42 Å². The molecule has 14 heavy (non-hydrogen) atoms. The number of hydrogen-bond acceptors (Lipinski definition) is 0. The van der Waals surface area contributed by atoms with E-state index in [0.717, 1.165) is 31.6 Å². The SMILES string of the molecule is CCC1CCC(CCC(F)(F)F)CC1. The third-order valence-electron chi connectivity index (χ3n) is 3.38. The number of hydrogen-bond donors (Lipinski definition) is 0. The minimum Gasteiger partial charge on any atom is -0.171 e. The van der Waals surface area contributed by atoms with Crippen molar-refractivity contribution in [1.29, 1.82) is 0 Å². The van der Waals surface area contributed by atoms with E-state index in [4.69, 9.17) is 0 Å². The van der Waals surface area contributed by atoms with Gasteiger partial charge < -0.3 is 0 Å². The van der Waals surface area contributed by atoms with E-state index >= 15 is 0 Å². The van der Waals surface area contributed by atoms with Gasteiger partial charge in [-0.15, -0.1) is 0 Å². The quantitative estimate of drug-likeness (QED) is 0.638. The van der Waals surface area contributed by atoms with Gasteiger partial charge in [-0.25, -0.2) is 0 Å². The molecule has 3 heteroatoms. The summed E-state index contributed by atoms with van der Waals surface area (Å²) in [5.74, 6) is 1.11.